The maximum absolute atomic E-state index is 12.7. The van der Waals surface area contributed by atoms with E-state index in [1.165, 1.54) is 22.9 Å². The second kappa shape index (κ2) is 11.0. The number of amides is 1. The predicted octanol–water partition coefficient (Wildman–Crippen LogP) is 6.09. The number of thioether (sulfide) groups is 2. The fourth-order valence-corrected chi connectivity index (χ4v) is 6.13. The summed E-state index contributed by atoms with van der Waals surface area (Å²) < 4.78 is 1.77. The molecule has 30 heavy (non-hydrogen) atoms. The molecule has 0 bridgehead atoms. The molecule has 1 unspecified atom stereocenters. The summed E-state index contributed by atoms with van der Waals surface area (Å²) in [5.74, 6) is 1.51. The molecule has 158 valence electrons. The summed E-state index contributed by atoms with van der Waals surface area (Å²) in [6.07, 6.45) is 0. The molecule has 7 heteroatoms. The average Bonchev–Trinajstić information content (AvgIpc) is 3.19. The van der Waals surface area contributed by atoms with Gasteiger partial charge in [-0.3, -0.25) is 4.79 Å². The maximum atomic E-state index is 12.7. The molecule has 0 fully saturated rings. The van der Waals surface area contributed by atoms with Crippen LogP contribution in [0.5, 0.6) is 0 Å². The van der Waals surface area contributed by atoms with Gasteiger partial charge in [-0.2, -0.15) is 0 Å². The van der Waals surface area contributed by atoms with Crippen LogP contribution < -0.4 is 0 Å². The highest BCUT2D eigenvalue weighted by Crippen LogP contribution is 2.33. The second-order valence-electron chi connectivity index (χ2n) is 7.46. The number of benzene rings is 2. The van der Waals surface area contributed by atoms with Gasteiger partial charge in [0.05, 0.1) is 5.25 Å². The number of nitrogens with zero attached hydrogens (tertiary/aromatic N) is 3. The summed E-state index contributed by atoms with van der Waals surface area (Å²) in [5.41, 5.74) is 3.76. The van der Waals surface area contributed by atoms with Crippen LogP contribution in [-0.2, 0) is 17.1 Å². The molecule has 1 aromatic heterocycles. The molecular formula is C23H27N3OS3. The highest BCUT2D eigenvalue weighted by Gasteiger charge is 2.21. The van der Waals surface area contributed by atoms with Crippen molar-refractivity contribution in [3.05, 3.63) is 71.3 Å². The standard InChI is InChI=1S/C23H27N3OS3/c1-16(2)20-12-10-19(11-13-20)15-28-22-24-25-23(30-22)29-17(3)21(27)26(4)14-18-8-6-5-7-9-18/h5-13,16-17H,14-15H2,1-4H3. The van der Waals surface area contributed by atoms with Crippen molar-refractivity contribution in [3.63, 3.8) is 0 Å². The van der Waals surface area contributed by atoms with Crippen LogP contribution in [0.3, 0.4) is 0 Å². The van der Waals surface area contributed by atoms with Crippen LogP contribution in [0.15, 0.2) is 63.3 Å². The van der Waals surface area contributed by atoms with Gasteiger partial charge in [-0.25, -0.2) is 0 Å². The molecule has 0 aliphatic rings. The summed E-state index contributed by atoms with van der Waals surface area (Å²) >= 11 is 4.72. The summed E-state index contributed by atoms with van der Waals surface area (Å²) in [7, 11) is 1.85. The molecule has 1 amide bonds. The van der Waals surface area contributed by atoms with E-state index in [0.717, 1.165) is 20.0 Å². The second-order valence-corrected chi connectivity index (χ2v) is 11.2. The smallest absolute Gasteiger partial charge is 0.235 e. The van der Waals surface area contributed by atoms with Crippen LogP contribution in [0, 0.1) is 0 Å². The maximum Gasteiger partial charge on any atom is 0.235 e. The van der Waals surface area contributed by atoms with Gasteiger partial charge in [0.1, 0.15) is 0 Å². The summed E-state index contributed by atoms with van der Waals surface area (Å²) in [6, 6.07) is 18.8. The summed E-state index contributed by atoms with van der Waals surface area (Å²) in [6.45, 7) is 6.95. The Kier molecular flexibility index (Phi) is 8.36. The molecule has 0 N–H and O–H groups in total. The minimum atomic E-state index is -0.201. The van der Waals surface area contributed by atoms with Gasteiger partial charge in [-0.1, -0.05) is 103 Å². The zero-order valence-electron chi connectivity index (χ0n) is 17.7. The van der Waals surface area contributed by atoms with E-state index < -0.39 is 0 Å². The molecule has 0 aliphatic carbocycles. The van der Waals surface area contributed by atoms with E-state index in [1.54, 1.807) is 28.0 Å². The number of hydrogen-bond acceptors (Lipinski definition) is 6. The topological polar surface area (TPSA) is 46.1 Å². The van der Waals surface area contributed by atoms with Crippen molar-refractivity contribution in [2.45, 2.75) is 52.9 Å². The van der Waals surface area contributed by atoms with Crippen LogP contribution in [0.25, 0.3) is 0 Å². The van der Waals surface area contributed by atoms with Crippen molar-refractivity contribution in [1.29, 1.82) is 0 Å². The number of carbonyl (C=O) groups excluding carboxylic acids is 1. The average molecular weight is 458 g/mol. The zero-order chi connectivity index (χ0) is 21.5. The zero-order valence-corrected chi connectivity index (χ0v) is 20.2. The summed E-state index contributed by atoms with van der Waals surface area (Å²) in [5, 5.41) is 8.36. The Balaban J connectivity index is 1.49. The molecule has 2 aromatic carbocycles. The van der Waals surface area contributed by atoms with E-state index >= 15 is 0 Å². The van der Waals surface area contributed by atoms with Gasteiger partial charge >= 0.3 is 0 Å². The third-order valence-electron chi connectivity index (χ3n) is 4.66. The first kappa shape index (κ1) is 22.8. The van der Waals surface area contributed by atoms with Crippen molar-refractivity contribution >= 4 is 40.8 Å². The number of hydrogen-bond donors (Lipinski definition) is 0. The van der Waals surface area contributed by atoms with Crippen LogP contribution in [0.4, 0.5) is 0 Å². The Bertz CT molecular complexity index is 942. The van der Waals surface area contributed by atoms with Gasteiger partial charge in [0, 0.05) is 19.3 Å². The fourth-order valence-electron chi connectivity index (χ4n) is 2.89. The fraction of sp³-hybridized carbons (Fsp3) is 0.348. The molecule has 3 rings (SSSR count). The quantitative estimate of drug-likeness (QED) is 0.364. The molecule has 3 aromatic rings. The highest BCUT2D eigenvalue weighted by molar-refractivity contribution is 8.03. The Morgan fingerprint density at radius 2 is 1.63 bits per heavy atom. The normalized spacial score (nSPS) is 12.2. The van der Waals surface area contributed by atoms with Gasteiger partial charge in [0.25, 0.3) is 0 Å². The van der Waals surface area contributed by atoms with Gasteiger partial charge in [0.15, 0.2) is 8.68 Å². The molecule has 0 spiro atoms. The van der Waals surface area contributed by atoms with Crippen molar-refractivity contribution in [3.8, 4) is 0 Å². The Hall–Kier alpha value is -1.83. The van der Waals surface area contributed by atoms with E-state index in [4.69, 9.17) is 0 Å². The first-order chi connectivity index (χ1) is 14.4. The number of rotatable bonds is 9. The van der Waals surface area contributed by atoms with Crippen molar-refractivity contribution < 1.29 is 4.79 Å². The van der Waals surface area contributed by atoms with Crippen molar-refractivity contribution in [2.75, 3.05) is 7.05 Å². The minimum Gasteiger partial charge on any atom is -0.340 e. The van der Waals surface area contributed by atoms with Crippen LogP contribution in [-0.4, -0.2) is 33.3 Å². The van der Waals surface area contributed by atoms with Gasteiger partial charge in [0.2, 0.25) is 5.91 Å². The molecule has 1 atom stereocenters. The van der Waals surface area contributed by atoms with Gasteiger partial charge < -0.3 is 4.90 Å². The Labute approximate surface area is 191 Å². The molecule has 0 saturated heterocycles. The SMILES string of the molecule is CC(Sc1nnc(SCc2ccc(C(C)C)cc2)s1)C(=O)N(C)Cc1ccccc1. The van der Waals surface area contributed by atoms with Crippen LogP contribution >= 0.6 is 34.9 Å². The molecular weight excluding hydrogens is 430 g/mol. The van der Waals surface area contributed by atoms with E-state index in [9.17, 15) is 4.79 Å². The van der Waals surface area contributed by atoms with Gasteiger partial charge in [-0.05, 0) is 29.5 Å². The lowest BCUT2D eigenvalue weighted by atomic mass is 10.0. The van der Waals surface area contributed by atoms with Crippen molar-refractivity contribution in [1.82, 2.24) is 15.1 Å². The predicted molar refractivity (Wildman–Crippen MR) is 128 cm³/mol. The monoisotopic (exact) mass is 457 g/mol. The van der Waals surface area contributed by atoms with Crippen LogP contribution in [0.1, 0.15) is 43.4 Å². The largest absolute Gasteiger partial charge is 0.340 e. The summed E-state index contributed by atoms with van der Waals surface area (Å²) in [4.78, 5) is 14.5. The molecule has 0 saturated carbocycles. The lowest BCUT2D eigenvalue weighted by molar-refractivity contribution is -0.129. The van der Waals surface area contributed by atoms with Crippen molar-refractivity contribution in [2.24, 2.45) is 0 Å². The minimum absolute atomic E-state index is 0.0958. The first-order valence-electron chi connectivity index (χ1n) is 9.93. The first-order valence-corrected chi connectivity index (χ1v) is 12.6. The Morgan fingerprint density at radius 3 is 2.30 bits per heavy atom. The number of aromatic nitrogens is 2. The molecule has 0 radical (unpaired) electrons. The third kappa shape index (κ3) is 6.59. The lowest BCUT2D eigenvalue weighted by Gasteiger charge is -2.20. The van der Waals surface area contributed by atoms with E-state index in [-0.39, 0.29) is 11.2 Å². The lowest BCUT2D eigenvalue weighted by Crippen LogP contribution is -2.32. The van der Waals surface area contributed by atoms with Gasteiger partial charge in [-0.15, -0.1) is 10.2 Å². The van der Waals surface area contributed by atoms with Crippen LogP contribution in [0.2, 0.25) is 0 Å². The van der Waals surface area contributed by atoms with E-state index in [2.05, 4.69) is 48.3 Å². The third-order valence-corrected chi connectivity index (χ3v) is 7.96. The highest BCUT2D eigenvalue weighted by atomic mass is 32.2. The molecule has 4 nitrogen and oxygen atoms in total. The van der Waals surface area contributed by atoms with E-state index in [1.807, 2.05) is 44.3 Å². The van der Waals surface area contributed by atoms with E-state index in [0.29, 0.717) is 12.5 Å². The molecule has 0 aliphatic heterocycles. The number of carbonyl (C=O) groups is 1. The Morgan fingerprint density at radius 1 is 0.967 bits per heavy atom. The molecule has 1 heterocycles.